The van der Waals surface area contributed by atoms with Crippen molar-refractivity contribution in [3.63, 3.8) is 0 Å². The number of nitrogens with zero attached hydrogens (tertiary/aromatic N) is 1. The van der Waals surface area contributed by atoms with Crippen LogP contribution in [0.1, 0.15) is 10.4 Å². The van der Waals surface area contributed by atoms with E-state index in [0.717, 1.165) is 0 Å². The lowest BCUT2D eigenvalue weighted by Crippen LogP contribution is -2.12. The van der Waals surface area contributed by atoms with Crippen LogP contribution in [-0.2, 0) is 0 Å². The predicted octanol–water partition coefficient (Wildman–Crippen LogP) is 3.10. The Morgan fingerprint density at radius 2 is 1.81 bits per heavy atom. The van der Waals surface area contributed by atoms with Crippen LogP contribution in [0.3, 0.4) is 0 Å². The molecule has 80 valence electrons. The maximum atomic E-state index is 11.8. The molecule has 0 fully saturated rings. The minimum absolute atomic E-state index is 0.161. The van der Waals surface area contributed by atoms with Crippen LogP contribution in [-0.4, -0.2) is 10.9 Å². The fourth-order valence-corrected chi connectivity index (χ4v) is 1.60. The molecule has 1 aromatic heterocycles. The molecule has 2 rings (SSSR count). The standard InChI is InChI=1S/C12H9BrN2O/c13-10-7-4-8-11(14-10)15-12(16)9-5-2-1-3-6-9/h1-8H,(H,14,15,16). The van der Waals surface area contributed by atoms with E-state index < -0.39 is 0 Å². The molecule has 1 N–H and O–H groups in total. The van der Waals surface area contributed by atoms with Crippen LogP contribution in [0, 0.1) is 0 Å². The van der Waals surface area contributed by atoms with Gasteiger partial charge in [-0.2, -0.15) is 0 Å². The van der Waals surface area contributed by atoms with Gasteiger partial charge >= 0.3 is 0 Å². The van der Waals surface area contributed by atoms with Gasteiger partial charge in [-0.1, -0.05) is 24.3 Å². The lowest BCUT2D eigenvalue weighted by molar-refractivity contribution is 0.102. The van der Waals surface area contributed by atoms with E-state index in [1.54, 1.807) is 24.3 Å². The topological polar surface area (TPSA) is 42.0 Å². The molecule has 0 radical (unpaired) electrons. The zero-order valence-electron chi connectivity index (χ0n) is 8.35. The lowest BCUT2D eigenvalue weighted by Gasteiger charge is -2.04. The Morgan fingerprint density at radius 1 is 1.06 bits per heavy atom. The van der Waals surface area contributed by atoms with E-state index in [1.807, 2.05) is 24.3 Å². The third-order valence-electron chi connectivity index (χ3n) is 1.99. The number of carbonyl (C=O) groups is 1. The molecule has 16 heavy (non-hydrogen) atoms. The summed E-state index contributed by atoms with van der Waals surface area (Å²) < 4.78 is 0.693. The predicted molar refractivity (Wildman–Crippen MR) is 66.3 cm³/mol. The van der Waals surface area contributed by atoms with E-state index in [0.29, 0.717) is 16.0 Å². The minimum Gasteiger partial charge on any atom is -0.307 e. The Bertz CT molecular complexity index is 499. The number of aromatic nitrogens is 1. The van der Waals surface area contributed by atoms with E-state index in [2.05, 4.69) is 26.2 Å². The van der Waals surface area contributed by atoms with Crippen molar-refractivity contribution >= 4 is 27.7 Å². The first-order chi connectivity index (χ1) is 7.75. The molecule has 0 aliphatic heterocycles. The molecular weight excluding hydrogens is 268 g/mol. The van der Waals surface area contributed by atoms with Crippen LogP contribution in [0.4, 0.5) is 5.82 Å². The molecule has 2 aromatic rings. The number of rotatable bonds is 2. The molecule has 0 aliphatic carbocycles. The number of amides is 1. The van der Waals surface area contributed by atoms with Crippen LogP contribution in [0.2, 0.25) is 0 Å². The van der Waals surface area contributed by atoms with Crippen molar-refractivity contribution in [3.05, 3.63) is 58.7 Å². The number of pyridine rings is 1. The summed E-state index contributed by atoms with van der Waals surface area (Å²) in [4.78, 5) is 15.9. The number of halogens is 1. The minimum atomic E-state index is -0.161. The fraction of sp³-hybridized carbons (Fsp3) is 0. The normalized spacial score (nSPS) is 9.81. The summed E-state index contributed by atoms with van der Waals surface area (Å²) in [5.74, 6) is 0.370. The number of carbonyl (C=O) groups excluding carboxylic acids is 1. The van der Waals surface area contributed by atoms with E-state index in [9.17, 15) is 4.79 Å². The molecular formula is C12H9BrN2O. The van der Waals surface area contributed by atoms with Gasteiger partial charge in [-0.05, 0) is 40.2 Å². The van der Waals surface area contributed by atoms with Crippen LogP contribution in [0.5, 0.6) is 0 Å². The van der Waals surface area contributed by atoms with E-state index in [-0.39, 0.29) is 5.91 Å². The molecule has 1 aromatic carbocycles. The van der Waals surface area contributed by atoms with Crippen molar-refractivity contribution in [1.29, 1.82) is 0 Å². The number of nitrogens with one attached hydrogen (secondary N) is 1. The number of anilines is 1. The number of hydrogen-bond donors (Lipinski definition) is 1. The van der Waals surface area contributed by atoms with Gasteiger partial charge in [-0.15, -0.1) is 0 Å². The number of hydrogen-bond acceptors (Lipinski definition) is 2. The monoisotopic (exact) mass is 276 g/mol. The van der Waals surface area contributed by atoms with Crippen LogP contribution in [0.15, 0.2) is 53.1 Å². The number of benzene rings is 1. The van der Waals surface area contributed by atoms with Gasteiger partial charge in [0, 0.05) is 5.56 Å². The van der Waals surface area contributed by atoms with Gasteiger partial charge in [0.1, 0.15) is 10.4 Å². The molecule has 0 saturated heterocycles. The highest BCUT2D eigenvalue weighted by Crippen LogP contribution is 2.11. The van der Waals surface area contributed by atoms with Gasteiger partial charge in [0.25, 0.3) is 5.91 Å². The molecule has 0 saturated carbocycles. The van der Waals surface area contributed by atoms with Crippen molar-refractivity contribution in [2.75, 3.05) is 5.32 Å². The molecule has 0 atom stereocenters. The molecule has 0 bridgehead atoms. The highest BCUT2D eigenvalue weighted by atomic mass is 79.9. The largest absolute Gasteiger partial charge is 0.307 e. The molecule has 3 nitrogen and oxygen atoms in total. The first-order valence-corrected chi connectivity index (χ1v) is 5.54. The van der Waals surface area contributed by atoms with E-state index >= 15 is 0 Å². The Balaban J connectivity index is 2.14. The summed E-state index contributed by atoms with van der Waals surface area (Å²) in [6, 6.07) is 14.4. The third-order valence-corrected chi connectivity index (χ3v) is 2.43. The second kappa shape index (κ2) is 4.90. The maximum Gasteiger partial charge on any atom is 0.256 e. The zero-order valence-corrected chi connectivity index (χ0v) is 9.94. The second-order valence-corrected chi connectivity index (χ2v) is 3.98. The fourth-order valence-electron chi connectivity index (χ4n) is 1.26. The maximum absolute atomic E-state index is 11.8. The smallest absolute Gasteiger partial charge is 0.256 e. The quantitative estimate of drug-likeness (QED) is 0.857. The van der Waals surface area contributed by atoms with Gasteiger partial charge < -0.3 is 5.32 Å². The summed E-state index contributed by atoms with van der Waals surface area (Å²) >= 11 is 3.25. The Labute approximate surface area is 102 Å². The van der Waals surface area contributed by atoms with Crippen molar-refractivity contribution in [1.82, 2.24) is 4.98 Å². The summed E-state index contributed by atoms with van der Waals surface area (Å²) in [7, 11) is 0. The average Bonchev–Trinajstić information content (AvgIpc) is 2.30. The Hall–Kier alpha value is -1.68. The first-order valence-electron chi connectivity index (χ1n) is 4.75. The summed E-state index contributed by atoms with van der Waals surface area (Å²) in [5.41, 5.74) is 0.615. The molecule has 4 heteroatoms. The van der Waals surface area contributed by atoms with Crippen LogP contribution in [0.25, 0.3) is 0 Å². The molecule has 1 amide bonds. The first kappa shape index (κ1) is 10.8. The lowest BCUT2D eigenvalue weighted by atomic mass is 10.2. The molecule has 0 unspecified atom stereocenters. The van der Waals surface area contributed by atoms with Crippen LogP contribution >= 0.6 is 15.9 Å². The molecule has 0 aliphatic rings. The molecule has 0 spiro atoms. The summed E-state index contributed by atoms with van der Waals surface area (Å²) in [5, 5.41) is 2.72. The highest BCUT2D eigenvalue weighted by molar-refractivity contribution is 9.10. The SMILES string of the molecule is O=C(Nc1cccc(Br)n1)c1ccccc1. The van der Waals surface area contributed by atoms with Gasteiger partial charge in [0.2, 0.25) is 0 Å². The van der Waals surface area contributed by atoms with Crippen molar-refractivity contribution in [2.45, 2.75) is 0 Å². The van der Waals surface area contributed by atoms with Crippen molar-refractivity contribution < 1.29 is 4.79 Å². The second-order valence-electron chi connectivity index (χ2n) is 3.17. The van der Waals surface area contributed by atoms with Crippen molar-refractivity contribution in [3.8, 4) is 0 Å². The van der Waals surface area contributed by atoms with E-state index in [4.69, 9.17) is 0 Å². The summed E-state index contributed by atoms with van der Waals surface area (Å²) in [6.07, 6.45) is 0. The van der Waals surface area contributed by atoms with Gasteiger partial charge in [-0.25, -0.2) is 4.98 Å². The Morgan fingerprint density at radius 3 is 2.50 bits per heavy atom. The van der Waals surface area contributed by atoms with Gasteiger partial charge in [-0.3, -0.25) is 4.79 Å². The Kier molecular flexibility index (Phi) is 3.31. The van der Waals surface area contributed by atoms with Crippen LogP contribution < -0.4 is 5.32 Å². The van der Waals surface area contributed by atoms with E-state index in [1.165, 1.54) is 0 Å². The van der Waals surface area contributed by atoms with Crippen molar-refractivity contribution in [2.24, 2.45) is 0 Å². The van der Waals surface area contributed by atoms with Gasteiger partial charge in [0.05, 0.1) is 0 Å². The third kappa shape index (κ3) is 2.67. The molecule has 1 heterocycles. The zero-order chi connectivity index (χ0) is 11.4. The average molecular weight is 277 g/mol. The van der Waals surface area contributed by atoms with Gasteiger partial charge in [0.15, 0.2) is 0 Å². The summed E-state index contributed by atoms with van der Waals surface area (Å²) in [6.45, 7) is 0. The highest BCUT2D eigenvalue weighted by Gasteiger charge is 2.05.